The molecule has 1 aromatic rings. The van der Waals surface area contributed by atoms with E-state index < -0.39 is 5.97 Å². The van der Waals surface area contributed by atoms with Gasteiger partial charge in [-0.2, -0.15) is 0 Å². The number of aromatic hydroxyl groups is 1. The molecule has 0 unspecified atom stereocenters. The minimum atomic E-state index is -0.516. The molecule has 160 valence electrons. The molecule has 1 aliphatic heterocycles. The highest BCUT2D eigenvalue weighted by Crippen LogP contribution is 2.42. The molecule has 0 aliphatic carbocycles. The van der Waals surface area contributed by atoms with Crippen LogP contribution < -0.4 is 15.8 Å². The predicted molar refractivity (Wildman–Crippen MR) is 108 cm³/mol. The van der Waals surface area contributed by atoms with Crippen molar-refractivity contribution in [3.05, 3.63) is 33.9 Å². The number of phenols is 1. The number of nitrogens with one attached hydrogen (secondary N) is 1. The Labute approximate surface area is 171 Å². The molecular formula is C21H30N2O6. The number of phenolic OH excluding ortho intramolecular Hbond substituents is 1. The summed E-state index contributed by atoms with van der Waals surface area (Å²) in [5.41, 5.74) is 8.56. The third-order valence-electron chi connectivity index (χ3n) is 4.88. The molecule has 1 amide bonds. The molecule has 1 aromatic carbocycles. The van der Waals surface area contributed by atoms with E-state index in [1.54, 1.807) is 0 Å². The molecule has 0 radical (unpaired) electrons. The molecule has 0 saturated heterocycles. The second-order valence-electron chi connectivity index (χ2n) is 6.92. The zero-order chi connectivity index (χ0) is 21.4. The molecule has 8 heteroatoms. The van der Waals surface area contributed by atoms with Gasteiger partial charge in [-0.15, -0.1) is 0 Å². The molecule has 8 nitrogen and oxygen atoms in total. The van der Waals surface area contributed by atoms with Crippen molar-refractivity contribution in [3.63, 3.8) is 0 Å². The first-order valence-corrected chi connectivity index (χ1v) is 9.69. The van der Waals surface area contributed by atoms with Gasteiger partial charge >= 0.3 is 5.97 Å². The van der Waals surface area contributed by atoms with Crippen LogP contribution >= 0.6 is 0 Å². The Bertz CT molecular complexity index is 788. The first-order valence-electron chi connectivity index (χ1n) is 9.69. The van der Waals surface area contributed by atoms with Gasteiger partial charge in [0.05, 0.1) is 20.3 Å². The number of hydrogen-bond acceptors (Lipinski definition) is 7. The predicted octanol–water partition coefficient (Wildman–Crippen LogP) is 1.74. The van der Waals surface area contributed by atoms with Crippen molar-refractivity contribution in [3.8, 4) is 11.5 Å². The maximum atomic E-state index is 12.0. The topological polar surface area (TPSA) is 120 Å². The highest BCUT2D eigenvalue weighted by Gasteiger charge is 2.31. The number of hydrogen-bond donors (Lipinski definition) is 3. The number of fused-ring (bicyclic) bond motifs is 1. The van der Waals surface area contributed by atoms with Gasteiger partial charge in [0, 0.05) is 30.6 Å². The van der Waals surface area contributed by atoms with E-state index in [0.29, 0.717) is 62.4 Å². The Balaban J connectivity index is 1.97. The minimum Gasteiger partial charge on any atom is -0.507 e. The van der Waals surface area contributed by atoms with Crippen molar-refractivity contribution >= 4 is 11.9 Å². The summed E-state index contributed by atoms with van der Waals surface area (Å²) in [6.45, 7) is 5.76. The van der Waals surface area contributed by atoms with Crippen LogP contribution in [0.2, 0.25) is 0 Å². The van der Waals surface area contributed by atoms with Gasteiger partial charge in [0.1, 0.15) is 23.7 Å². The van der Waals surface area contributed by atoms with Gasteiger partial charge in [0.2, 0.25) is 5.91 Å². The number of methoxy groups -OCH3 is 1. The number of carbonyl (C=O) groups is 2. The highest BCUT2D eigenvalue weighted by molar-refractivity contribution is 5.98. The maximum absolute atomic E-state index is 12.0. The van der Waals surface area contributed by atoms with Gasteiger partial charge < -0.3 is 30.4 Å². The second-order valence-corrected chi connectivity index (χ2v) is 6.92. The minimum absolute atomic E-state index is 0.0503. The summed E-state index contributed by atoms with van der Waals surface area (Å²) in [5.74, 6) is -0.106. The zero-order valence-electron chi connectivity index (χ0n) is 17.3. The molecule has 2 rings (SSSR count). The average Bonchev–Trinajstić information content (AvgIpc) is 3.09. The maximum Gasteiger partial charge on any atom is 0.342 e. The molecule has 4 N–H and O–H groups in total. The second kappa shape index (κ2) is 10.8. The van der Waals surface area contributed by atoms with E-state index in [1.807, 2.05) is 19.9 Å². The van der Waals surface area contributed by atoms with E-state index in [9.17, 15) is 14.7 Å². The molecule has 29 heavy (non-hydrogen) atoms. The number of rotatable bonds is 11. The van der Waals surface area contributed by atoms with Crippen LogP contribution in [0.15, 0.2) is 11.6 Å². The standard InChI is InChI=1S/C21H30N2O6/c1-13(5-7-17(24)23-9-11-28-10-8-22)4-6-15-19(25)18-16(12-29-21(18)26)14(2)20(15)27-3/h4,25H,5-12,22H2,1-3H3,(H,23,24)/b13-4+. The number of amides is 1. The van der Waals surface area contributed by atoms with Crippen molar-refractivity contribution in [2.24, 2.45) is 5.73 Å². The summed E-state index contributed by atoms with van der Waals surface area (Å²) in [7, 11) is 1.54. The van der Waals surface area contributed by atoms with E-state index in [2.05, 4.69) is 5.32 Å². The van der Waals surface area contributed by atoms with Gasteiger partial charge in [-0.1, -0.05) is 11.6 Å². The van der Waals surface area contributed by atoms with E-state index in [-0.39, 0.29) is 23.8 Å². The van der Waals surface area contributed by atoms with Crippen molar-refractivity contribution in [2.75, 3.05) is 33.4 Å². The summed E-state index contributed by atoms with van der Waals surface area (Å²) in [5, 5.41) is 13.4. The number of ether oxygens (including phenoxy) is 3. The number of allylic oxidation sites excluding steroid dienone is 2. The average molecular weight is 406 g/mol. The molecule has 0 bridgehead atoms. The van der Waals surface area contributed by atoms with Crippen LogP contribution in [0.4, 0.5) is 0 Å². The van der Waals surface area contributed by atoms with Crippen LogP contribution in [0.1, 0.15) is 46.8 Å². The lowest BCUT2D eigenvalue weighted by molar-refractivity contribution is -0.121. The fourth-order valence-corrected chi connectivity index (χ4v) is 3.25. The van der Waals surface area contributed by atoms with E-state index in [4.69, 9.17) is 19.9 Å². The van der Waals surface area contributed by atoms with Crippen LogP contribution in [0.25, 0.3) is 0 Å². The Morgan fingerprint density at radius 1 is 1.34 bits per heavy atom. The van der Waals surface area contributed by atoms with E-state index >= 15 is 0 Å². The molecule has 0 saturated carbocycles. The van der Waals surface area contributed by atoms with Crippen LogP contribution in [0, 0.1) is 6.92 Å². The van der Waals surface area contributed by atoms with Gasteiger partial charge in [-0.3, -0.25) is 4.79 Å². The third kappa shape index (κ3) is 5.71. The van der Waals surface area contributed by atoms with Gasteiger partial charge in [0.25, 0.3) is 0 Å². The molecular weight excluding hydrogens is 376 g/mol. The Morgan fingerprint density at radius 2 is 2.10 bits per heavy atom. The number of benzene rings is 1. The first-order chi connectivity index (χ1) is 13.9. The van der Waals surface area contributed by atoms with Crippen molar-refractivity contribution in [2.45, 2.75) is 39.7 Å². The largest absolute Gasteiger partial charge is 0.507 e. The highest BCUT2D eigenvalue weighted by atomic mass is 16.5. The smallest absolute Gasteiger partial charge is 0.342 e. The van der Waals surface area contributed by atoms with Crippen LogP contribution in [0.3, 0.4) is 0 Å². The molecule has 0 spiro atoms. The SMILES string of the molecule is COc1c(C)c2c(c(O)c1C/C=C(\C)CCC(=O)NCCOCCN)C(=O)OC2. The van der Waals surface area contributed by atoms with Crippen molar-refractivity contribution in [1.82, 2.24) is 5.32 Å². The lowest BCUT2D eigenvalue weighted by Crippen LogP contribution is -2.27. The summed E-state index contributed by atoms with van der Waals surface area (Å²) in [4.78, 5) is 23.8. The summed E-state index contributed by atoms with van der Waals surface area (Å²) >= 11 is 0. The number of esters is 1. The number of carbonyl (C=O) groups excluding carboxylic acids is 2. The fraction of sp³-hybridized carbons (Fsp3) is 0.524. The van der Waals surface area contributed by atoms with E-state index in [0.717, 1.165) is 11.1 Å². The first kappa shape index (κ1) is 22.7. The Morgan fingerprint density at radius 3 is 2.79 bits per heavy atom. The van der Waals surface area contributed by atoms with Gasteiger partial charge in [-0.05, 0) is 32.3 Å². The lowest BCUT2D eigenvalue weighted by atomic mass is 9.94. The van der Waals surface area contributed by atoms with Crippen LogP contribution in [0.5, 0.6) is 11.5 Å². The van der Waals surface area contributed by atoms with Crippen LogP contribution in [-0.4, -0.2) is 50.4 Å². The Kier molecular flexibility index (Phi) is 8.48. The molecule has 1 aliphatic rings. The number of nitrogens with two attached hydrogens (primary N) is 1. The lowest BCUT2D eigenvalue weighted by Gasteiger charge is -2.15. The summed E-state index contributed by atoms with van der Waals surface area (Å²) < 4.78 is 15.7. The van der Waals surface area contributed by atoms with Gasteiger partial charge in [0.15, 0.2) is 0 Å². The monoisotopic (exact) mass is 406 g/mol. The summed E-state index contributed by atoms with van der Waals surface area (Å²) in [6.07, 6.45) is 3.26. The quantitative estimate of drug-likeness (QED) is 0.291. The van der Waals surface area contributed by atoms with E-state index in [1.165, 1.54) is 7.11 Å². The summed E-state index contributed by atoms with van der Waals surface area (Å²) in [6, 6.07) is 0. The van der Waals surface area contributed by atoms with Crippen molar-refractivity contribution < 1.29 is 28.9 Å². The molecule has 0 fully saturated rings. The Hall–Kier alpha value is -2.58. The fourth-order valence-electron chi connectivity index (χ4n) is 3.25. The van der Waals surface area contributed by atoms with Crippen LogP contribution in [-0.2, 0) is 27.3 Å². The van der Waals surface area contributed by atoms with Crippen molar-refractivity contribution in [1.29, 1.82) is 0 Å². The zero-order valence-corrected chi connectivity index (χ0v) is 17.3. The molecule has 0 aromatic heterocycles. The van der Waals surface area contributed by atoms with Gasteiger partial charge in [-0.25, -0.2) is 4.79 Å². The third-order valence-corrected chi connectivity index (χ3v) is 4.88. The molecule has 1 heterocycles. The molecule has 0 atom stereocenters. The number of cyclic esters (lactones) is 1. The normalized spacial score (nSPS) is 13.2.